The van der Waals surface area contributed by atoms with Crippen molar-refractivity contribution >= 4 is 22.0 Å². The molecule has 1 aromatic carbocycles. The van der Waals surface area contributed by atoms with Crippen LogP contribution < -0.4 is 10.6 Å². The van der Waals surface area contributed by atoms with E-state index in [2.05, 4.69) is 26.6 Å². The van der Waals surface area contributed by atoms with Gasteiger partial charge < -0.3 is 20.5 Å². The number of aliphatic hydroxyl groups is 1. The first-order valence-corrected chi connectivity index (χ1v) is 8.15. The van der Waals surface area contributed by atoms with E-state index in [4.69, 9.17) is 4.74 Å². The van der Waals surface area contributed by atoms with E-state index in [1.807, 2.05) is 45.0 Å². The van der Waals surface area contributed by atoms with E-state index in [0.717, 1.165) is 10.0 Å². The summed E-state index contributed by atoms with van der Waals surface area (Å²) in [6, 6.07) is 7.93. The molecule has 1 atom stereocenters. The topological polar surface area (TPSA) is 70.6 Å². The molecule has 0 spiro atoms. The third kappa shape index (κ3) is 8.36. The Bertz CT molecular complexity index is 457. The number of amides is 1. The van der Waals surface area contributed by atoms with Gasteiger partial charge >= 0.3 is 6.09 Å². The standard InChI is InChI=1S/C16H25BrN2O3/c1-16(2,3)22-15(21)18-9-8-14(11-20)19-10-12-4-6-13(17)7-5-12/h4-7,14,19-20H,8-11H2,1-3H3,(H,18,21). The van der Waals surface area contributed by atoms with E-state index in [0.29, 0.717) is 19.5 Å². The first-order valence-electron chi connectivity index (χ1n) is 7.35. The van der Waals surface area contributed by atoms with Crippen molar-refractivity contribution < 1.29 is 14.6 Å². The number of nitrogens with one attached hydrogen (secondary N) is 2. The van der Waals surface area contributed by atoms with Gasteiger partial charge in [-0.15, -0.1) is 0 Å². The van der Waals surface area contributed by atoms with E-state index in [1.165, 1.54) is 0 Å². The predicted molar refractivity (Wildman–Crippen MR) is 90.7 cm³/mol. The van der Waals surface area contributed by atoms with Gasteiger partial charge in [-0.1, -0.05) is 28.1 Å². The highest BCUT2D eigenvalue weighted by Gasteiger charge is 2.16. The van der Waals surface area contributed by atoms with Crippen molar-refractivity contribution in [1.29, 1.82) is 0 Å². The predicted octanol–water partition coefficient (Wildman–Crippen LogP) is 2.81. The molecule has 22 heavy (non-hydrogen) atoms. The van der Waals surface area contributed by atoms with Crippen LogP contribution in [0.5, 0.6) is 0 Å². The van der Waals surface area contributed by atoms with Gasteiger partial charge in [0, 0.05) is 23.6 Å². The zero-order valence-corrected chi connectivity index (χ0v) is 14.9. The Morgan fingerprint density at radius 2 is 1.95 bits per heavy atom. The third-order valence-electron chi connectivity index (χ3n) is 2.89. The molecule has 1 unspecified atom stereocenters. The largest absolute Gasteiger partial charge is 0.444 e. The number of alkyl carbamates (subject to hydrolysis) is 1. The van der Waals surface area contributed by atoms with E-state index < -0.39 is 11.7 Å². The van der Waals surface area contributed by atoms with Crippen LogP contribution in [-0.2, 0) is 11.3 Å². The van der Waals surface area contributed by atoms with Crippen LogP contribution >= 0.6 is 15.9 Å². The fourth-order valence-electron chi connectivity index (χ4n) is 1.78. The highest BCUT2D eigenvalue weighted by Crippen LogP contribution is 2.10. The third-order valence-corrected chi connectivity index (χ3v) is 3.42. The number of benzene rings is 1. The zero-order valence-electron chi connectivity index (χ0n) is 13.4. The molecule has 6 heteroatoms. The number of carbonyl (C=O) groups excluding carboxylic acids is 1. The molecule has 0 saturated heterocycles. The second-order valence-corrected chi connectivity index (χ2v) is 7.02. The first-order chi connectivity index (χ1) is 10.3. The molecular formula is C16H25BrN2O3. The molecule has 3 N–H and O–H groups in total. The highest BCUT2D eigenvalue weighted by molar-refractivity contribution is 9.10. The van der Waals surface area contributed by atoms with Crippen LogP contribution in [0.4, 0.5) is 4.79 Å². The Morgan fingerprint density at radius 3 is 2.50 bits per heavy atom. The molecule has 124 valence electrons. The van der Waals surface area contributed by atoms with Crippen molar-refractivity contribution in [3.05, 3.63) is 34.3 Å². The maximum atomic E-state index is 11.5. The van der Waals surface area contributed by atoms with Gasteiger partial charge in [-0.05, 0) is 44.9 Å². The molecule has 0 aliphatic heterocycles. The molecule has 1 amide bonds. The molecule has 1 rings (SSSR count). The average molecular weight is 373 g/mol. The van der Waals surface area contributed by atoms with Crippen LogP contribution in [-0.4, -0.2) is 36.0 Å². The minimum atomic E-state index is -0.500. The lowest BCUT2D eigenvalue weighted by atomic mass is 10.2. The summed E-state index contributed by atoms with van der Waals surface area (Å²) in [6.07, 6.45) is 0.198. The normalized spacial score (nSPS) is 12.8. The van der Waals surface area contributed by atoms with Gasteiger partial charge in [-0.2, -0.15) is 0 Å². The number of rotatable bonds is 7. The van der Waals surface area contributed by atoms with Crippen molar-refractivity contribution in [3.63, 3.8) is 0 Å². The van der Waals surface area contributed by atoms with Crippen molar-refractivity contribution in [3.8, 4) is 0 Å². The Labute approximate surface area is 140 Å². The molecule has 0 aliphatic rings. The van der Waals surface area contributed by atoms with Crippen LogP contribution in [0.15, 0.2) is 28.7 Å². The second-order valence-electron chi connectivity index (χ2n) is 6.10. The van der Waals surface area contributed by atoms with Crippen molar-refractivity contribution in [2.75, 3.05) is 13.2 Å². The summed E-state index contributed by atoms with van der Waals surface area (Å²) in [7, 11) is 0. The molecule has 0 aromatic heterocycles. The van der Waals surface area contributed by atoms with Gasteiger partial charge in [0.05, 0.1) is 6.61 Å². The fraction of sp³-hybridized carbons (Fsp3) is 0.562. The Balaban J connectivity index is 2.27. The molecule has 0 saturated carbocycles. The molecule has 0 bridgehead atoms. The van der Waals surface area contributed by atoms with E-state index in [1.54, 1.807) is 0 Å². The maximum absolute atomic E-state index is 11.5. The molecule has 0 fully saturated rings. The Kier molecular flexibility index (Phi) is 7.85. The Hall–Kier alpha value is -1.11. The quantitative estimate of drug-likeness (QED) is 0.688. The second kappa shape index (κ2) is 9.12. The fourth-order valence-corrected chi connectivity index (χ4v) is 2.05. The maximum Gasteiger partial charge on any atom is 0.407 e. The van der Waals surface area contributed by atoms with Crippen molar-refractivity contribution in [1.82, 2.24) is 10.6 Å². The van der Waals surface area contributed by atoms with Crippen LogP contribution in [0.2, 0.25) is 0 Å². The lowest BCUT2D eigenvalue weighted by Crippen LogP contribution is -2.38. The number of hydrogen-bond donors (Lipinski definition) is 3. The molecule has 0 radical (unpaired) electrons. The van der Waals surface area contributed by atoms with Crippen LogP contribution in [0, 0.1) is 0 Å². The number of aliphatic hydroxyl groups excluding tert-OH is 1. The smallest absolute Gasteiger partial charge is 0.407 e. The summed E-state index contributed by atoms with van der Waals surface area (Å²) in [4.78, 5) is 11.5. The number of halogens is 1. The molecule has 0 heterocycles. The van der Waals surface area contributed by atoms with Crippen LogP contribution in [0.3, 0.4) is 0 Å². The van der Waals surface area contributed by atoms with E-state index >= 15 is 0 Å². The van der Waals surface area contributed by atoms with Crippen molar-refractivity contribution in [2.24, 2.45) is 0 Å². The van der Waals surface area contributed by atoms with Gasteiger partial charge in [-0.25, -0.2) is 4.79 Å². The van der Waals surface area contributed by atoms with Crippen LogP contribution in [0.25, 0.3) is 0 Å². The van der Waals surface area contributed by atoms with E-state index in [9.17, 15) is 9.90 Å². The van der Waals surface area contributed by atoms with Gasteiger partial charge in [0.2, 0.25) is 0 Å². The molecule has 1 aromatic rings. The minimum absolute atomic E-state index is 0.0204. The summed E-state index contributed by atoms with van der Waals surface area (Å²) >= 11 is 3.40. The van der Waals surface area contributed by atoms with Crippen LogP contribution in [0.1, 0.15) is 32.8 Å². The lowest BCUT2D eigenvalue weighted by Gasteiger charge is -2.21. The molecular weight excluding hydrogens is 348 g/mol. The summed E-state index contributed by atoms with van der Waals surface area (Å²) in [6.45, 7) is 6.61. The number of carbonyl (C=O) groups is 1. The van der Waals surface area contributed by atoms with E-state index in [-0.39, 0.29) is 12.6 Å². The summed E-state index contributed by atoms with van der Waals surface area (Å²) in [5.74, 6) is 0. The average Bonchev–Trinajstić information content (AvgIpc) is 2.42. The Morgan fingerprint density at radius 1 is 1.32 bits per heavy atom. The molecule has 0 aliphatic carbocycles. The summed E-state index contributed by atoms with van der Waals surface area (Å²) < 4.78 is 6.19. The van der Waals surface area contributed by atoms with Crippen molar-refractivity contribution in [2.45, 2.75) is 45.4 Å². The molecule has 5 nitrogen and oxygen atoms in total. The van der Waals surface area contributed by atoms with Gasteiger partial charge in [-0.3, -0.25) is 0 Å². The van der Waals surface area contributed by atoms with Gasteiger partial charge in [0.15, 0.2) is 0 Å². The van der Waals surface area contributed by atoms with Gasteiger partial charge in [0.25, 0.3) is 0 Å². The summed E-state index contributed by atoms with van der Waals surface area (Å²) in [5.41, 5.74) is 0.641. The first kappa shape index (κ1) is 18.9. The monoisotopic (exact) mass is 372 g/mol. The number of ether oxygens (including phenoxy) is 1. The highest BCUT2D eigenvalue weighted by atomic mass is 79.9. The summed E-state index contributed by atoms with van der Waals surface area (Å²) in [5, 5.41) is 15.3. The SMILES string of the molecule is CC(C)(C)OC(=O)NCCC(CO)NCc1ccc(Br)cc1. The zero-order chi connectivity index (χ0) is 16.6. The van der Waals surface area contributed by atoms with Gasteiger partial charge in [0.1, 0.15) is 5.60 Å². The number of hydrogen-bond acceptors (Lipinski definition) is 4. The lowest BCUT2D eigenvalue weighted by molar-refractivity contribution is 0.0524. The minimum Gasteiger partial charge on any atom is -0.444 e.